The van der Waals surface area contributed by atoms with Gasteiger partial charge in [-0.3, -0.25) is 14.4 Å². The van der Waals surface area contributed by atoms with E-state index in [-0.39, 0.29) is 12.5 Å². The molecule has 1 aliphatic heterocycles. The monoisotopic (exact) mass is 438 g/mol. The van der Waals surface area contributed by atoms with E-state index in [1.807, 2.05) is 43.3 Å². The van der Waals surface area contributed by atoms with Crippen LogP contribution in [0.1, 0.15) is 22.8 Å². The number of amides is 2. The summed E-state index contributed by atoms with van der Waals surface area (Å²) in [6, 6.07) is 14.6. The number of carbonyl (C=O) groups excluding carboxylic acids is 3. The van der Waals surface area contributed by atoms with Crippen LogP contribution in [0.3, 0.4) is 0 Å². The van der Waals surface area contributed by atoms with Crippen molar-refractivity contribution in [2.45, 2.75) is 13.8 Å². The fraction of sp³-hybridized carbons (Fsp3) is 0.375. The molecule has 0 radical (unpaired) electrons. The molecule has 1 saturated heterocycles. The van der Waals surface area contributed by atoms with Gasteiger partial charge in [-0.2, -0.15) is 0 Å². The first-order chi connectivity index (χ1) is 15.4. The zero-order valence-electron chi connectivity index (χ0n) is 18.6. The predicted octanol–water partition coefficient (Wildman–Crippen LogP) is 2.05. The molecule has 8 heteroatoms. The summed E-state index contributed by atoms with van der Waals surface area (Å²) >= 11 is 0. The summed E-state index contributed by atoms with van der Waals surface area (Å²) in [6.07, 6.45) is 0. The maximum atomic E-state index is 12.1. The first kappa shape index (κ1) is 23.3. The van der Waals surface area contributed by atoms with E-state index >= 15 is 0 Å². The molecule has 2 amide bonds. The number of piperazine rings is 1. The highest BCUT2D eigenvalue weighted by Crippen LogP contribution is 2.19. The summed E-state index contributed by atoms with van der Waals surface area (Å²) in [7, 11) is 0. The molecule has 0 bridgehead atoms. The Morgan fingerprint density at radius 1 is 0.938 bits per heavy atom. The lowest BCUT2D eigenvalue weighted by Crippen LogP contribution is -2.46. The third-order valence-corrected chi connectivity index (χ3v) is 5.41. The molecular weight excluding hydrogens is 408 g/mol. The lowest BCUT2D eigenvalue weighted by atomic mass is 10.1. The Hall–Kier alpha value is -3.39. The number of nitrogens with one attached hydrogen (secondary N) is 2. The van der Waals surface area contributed by atoms with Crippen LogP contribution >= 0.6 is 0 Å². The Morgan fingerprint density at radius 3 is 2.22 bits per heavy atom. The number of hydrogen-bond acceptors (Lipinski definition) is 6. The molecule has 1 fully saturated rings. The molecule has 2 aromatic carbocycles. The second kappa shape index (κ2) is 11.3. The number of rotatable bonds is 8. The fourth-order valence-corrected chi connectivity index (χ4v) is 3.43. The summed E-state index contributed by atoms with van der Waals surface area (Å²) in [4.78, 5) is 40.7. The summed E-state index contributed by atoms with van der Waals surface area (Å²) in [5.74, 6) is -1.49. The van der Waals surface area contributed by atoms with Gasteiger partial charge in [-0.25, -0.2) is 0 Å². The molecule has 1 heterocycles. The van der Waals surface area contributed by atoms with E-state index in [9.17, 15) is 14.4 Å². The second-order valence-electron chi connectivity index (χ2n) is 7.73. The normalized spacial score (nSPS) is 14.0. The highest BCUT2D eigenvalue weighted by molar-refractivity contribution is 5.96. The molecule has 32 heavy (non-hydrogen) atoms. The van der Waals surface area contributed by atoms with Crippen molar-refractivity contribution in [1.82, 2.24) is 10.2 Å². The van der Waals surface area contributed by atoms with E-state index in [0.717, 1.165) is 44.0 Å². The van der Waals surface area contributed by atoms with Gasteiger partial charge < -0.3 is 25.2 Å². The van der Waals surface area contributed by atoms with Gasteiger partial charge in [-0.05, 0) is 49.9 Å². The fourth-order valence-electron chi connectivity index (χ4n) is 3.43. The molecule has 0 atom stereocenters. The lowest BCUT2D eigenvalue weighted by Gasteiger charge is -2.35. The maximum absolute atomic E-state index is 12.1. The van der Waals surface area contributed by atoms with Gasteiger partial charge in [0.2, 0.25) is 0 Å². The van der Waals surface area contributed by atoms with Crippen molar-refractivity contribution < 1.29 is 19.1 Å². The van der Waals surface area contributed by atoms with Crippen LogP contribution in [0.15, 0.2) is 48.5 Å². The van der Waals surface area contributed by atoms with Crippen LogP contribution in [0.5, 0.6) is 0 Å². The first-order valence-corrected chi connectivity index (χ1v) is 10.8. The van der Waals surface area contributed by atoms with Gasteiger partial charge in [0, 0.05) is 43.1 Å². The topological polar surface area (TPSA) is 91.0 Å². The van der Waals surface area contributed by atoms with Gasteiger partial charge in [0.25, 0.3) is 11.8 Å². The quantitative estimate of drug-likeness (QED) is 0.613. The third-order valence-electron chi connectivity index (χ3n) is 5.41. The average Bonchev–Trinajstić information content (AvgIpc) is 2.82. The molecule has 0 spiro atoms. The van der Waals surface area contributed by atoms with Gasteiger partial charge in [0.1, 0.15) is 6.54 Å². The number of carbonyl (C=O) groups is 3. The zero-order valence-corrected chi connectivity index (χ0v) is 18.6. The van der Waals surface area contributed by atoms with Gasteiger partial charge in [-0.15, -0.1) is 0 Å². The highest BCUT2D eigenvalue weighted by Gasteiger charge is 2.16. The van der Waals surface area contributed by atoms with Crippen LogP contribution in [0.2, 0.25) is 0 Å². The summed E-state index contributed by atoms with van der Waals surface area (Å²) in [5, 5.41) is 5.19. The van der Waals surface area contributed by atoms with Crippen LogP contribution < -0.4 is 15.5 Å². The van der Waals surface area contributed by atoms with Crippen molar-refractivity contribution in [1.29, 1.82) is 0 Å². The molecule has 0 aromatic heterocycles. The number of benzene rings is 2. The predicted molar refractivity (Wildman–Crippen MR) is 124 cm³/mol. The minimum atomic E-state index is -0.679. The Morgan fingerprint density at radius 2 is 1.59 bits per heavy atom. The van der Waals surface area contributed by atoms with Gasteiger partial charge in [0.15, 0.2) is 6.61 Å². The Kier molecular flexibility index (Phi) is 8.21. The molecule has 8 nitrogen and oxygen atoms in total. The van der Waals surface area contributed by atoms with E-state index < -0.39 is 18.5 Å². The Labute approximate surface area is 188 Å². The van der Waals surface area contributed by atoms with E-state index in [2.05, 4.69) is 27.4 Å². The molecule has 170 valence electrons. The average molecular weight is 439 g/mol. The second-order valence-corrected chi connectivity index (χ2v) is 7.73. The molecule has 0 saturated carbocycles. The molecule has 1 aliphatic rings. The molecular formula is C24H30N4O4. The first-order valence-electron chi connectivity index (χ1n) is 10.8. The van der Waals surface area contributed by atoms with Crippen molar-refractivity contribution in [3.63, 3.8) is 0 Å². The summed E-state index contributed by atoms with van der Waals surface area (Å²) in [5.41, 5.74) is 3.25. The Bertz CT molecular complexity index is 920. The standard InChI is InChI=1S/C24H30N4O4/c1-3-27-12-14-28(15-13-27)21-10-8-20(9-11-21)26-22(29)17-32-23(30)16-25-24(31)19-6-4-18(2)5-7-19/h4-11H,3,12-17H2,1-2H3,(H,25,31)(H,26,29). The smallest absolute Gasteiger partial charge is 0.325 e. The van der Waals surface area contributed by atoms with Gasteiger partial charge >= 0.3 is 5.97 Å². The minimum Gasteiger partial charge on any atom is -0.454 e. The summed E-state index contributed by atoms with van der Waals surface area (Å²) < 4.78 is 4.94. The van der Waals surface area contributed by atoms with Crippen LogP contribution in [0, 0.1) is 6.92 Å². The summed E-state index contributed by atoms with van der Waals surface area (Å²) in [6.45, 7) is 8.50. The number of anilines is 2. The number of hydrogen-bond donors (Lipinski definition) is 2. The van der Waals surface area contributed by atoms with Crippen molar-refractivity contribution in [2.24, 2.45) is 0 Å². The van der Waals surface area contributed by atoms with Crippen LogP contribution in [0.25, 0.3) is 0 Å². The van der Waals surface area contributed by atoms with Gasteiger partial charge in [-0.1, -0.05) is 24.6 Å². The van der Waals surface area contributed by atoms with Gasteiger partial charge in [0.05, 0.1) is 0 Å². The SMILES string of the molecule is CCN1CCN(c2ccc(NC(=O)COC(=O)CNC(=O)c3ccc(C)cc3)cc2)CC1. The molecule has 2 aromatic rings. The number of likely N-dealkylation sites (N-methyl/N-ethyl adjacent to an activating group) is 1. The number of esters is 1. The molecule has 0 aliphatic carbocycles. The van der Waals surface area contributed by atoms with Crippen molar-refractivity contribution >= 4 is 29.2 Å². The highest BCUT2D eigenvalue weighted by atomic mass is 16.5. The van der Waals surface area contributed by atoms with E-state index in [1.165, 1.54) is 0 Å². The van der Waals surface area contributed by atoms with E-state index in [0.29, 0.717) is 11.3 Å². The third kappa shape index (κ3) is 6.81. The number of nitrogens with zero attached hydrogens (tertiary/aromatic N) is 2. The van der Waals surface area contributed by atoms with Crippen molar-refractivity contribution in [3.05, 3.63) is 59.7 Å². The van der Waals surface area contributed by atoms with Crippen LogP contribution in [0.4, 0.5) is 11.4 Å². The van der Waals surface area contributed by atoms with Crippen LogP contribution in [-0.2, 0) is 14.3 Å². The lowest BCUT2D eigenvalue weighted by molar-refractivity contribution is -0.146. The van der Waals surface area contributed by atoms with E-state index in [4.69, 9.17) is 4.74 Å². The number of ether oxygens (including phenoxy) is 1. The molecule has 2 N–H and O–H groups in total. The molecule has 3 rings (SSSR count). The van der Waals surface area contributed by atoms with Crippen molar-refractivity contribution in [2.75, 3.05) is 56.1 Å². The Balaban J connectivity index is 1.37. The van der Waals surface area contributed by atoms with Crippen molar-refractivity contribution in [3.8, 4) is 0 Å². The number of aryl methyl sites for hydroxylation is 1. The van der Waals surface area contributed by atoms with Crippen LogP contribution in [-0.4, -0.2) is 68.6 Å². The van der Waals surface area contributed by atoms with E-state index in [1.54, 1.807) is 12.1 Å². The minimum absolute atomic E-state index is 0.306. The largest absolute Gasteiger partial charge is 0.454 e. The zero-order chi connectivity index (χ0) is 22.9. The molecule has 0 unspecified atom stereocenters. The maximum Gasteiger partial charge on any atom is 0.325 e.